The predicted octanol–water partition coefficient (Wildman–Crippen LogP) is 12.8. The summed E-state index contributed by atoms with van der Waals surface area (Å²) in [5.74, 6) is 0. The van der Waals surface area contributed by atoms with Gasteiger partial charge in [-0.3, -0.25) is 0 Å². The van der Waals surface area contributed by atoms with Crippen LogP contribution in [0, 0.1) is 11.3 Å². The zero-order valence-corrected chi connectivity index (χ0v) is 26.2. The third-order valence-electron chi connectivity index (χ3n) is 9.71. The molecule has 0 unspecified atom stereocenters. The van der Waals surface area contributed by atoms with Crippen LogP contribution in [0.4, 0.5) is 0 Å². The Hall–Kier alpha value is -6.49. The molecule has 9 aromatic carbocycles. The summed E-state index contributed by atoms with van der Waals surface area (Å²) in [6.07, 6.45) is 0. The summed E-state index contributed by atoms with van der Waals surface area (Å²) < 4.78 is 0. The van der Waals surface area contributed by atoms with Crippen molar-refractivity contribution in [1.29, 1.82) is 5.26 Å². The third kappa shape index (κ3) is 4.55. The summed E-state index contributed by atoms with van der Waals surface area (Å²) in [7, 11) is 0. The molecule has 0 heterocycles. The number of fused-ring (bicyclic) bond motifs is 8. The molecule has 0 atom stereocenters. The molecular formula is C47H29N. The largest absolute Gasteiger partial charge is 0.192 e. The molecule has 0 aliphatic rings. The zero-order chi connectivity index (χ0) is 32.0. The van der Waals surface area contributed by atoms with Gasteiger partial charge < -0.3 is 0 Å². The molecule has 0 spiro atoms. The average Bonchev–Trinajstić information content (AvgIpc) is 3.18. The molecule has 9 aromatic rings. The van der Waals surface area contributed by atoms with Crippen molar-refractivity contribution in [3.05, 3.63) is 181 Å². The van der Waals surface area contributed by atoms with Crippen LogP contribution in [-0.4, -0.2) is 0 Å². The van der Waals surface area contributed by atoms with E-state index in [1.807, 2.05) is 24.3 Å². The number of benzene rings is 9. The molecule has 0 amide bonds. The van der Waals surface area contributed by atoms with Crippen LogP contribution < -0.4 is 0 Å². The van der Waals surface area contributed by atoms with E-state index in [2.05, 4.69) is 158 Å². The maximum atomic E-state index is 9.17. The quantitative estimate of drug-likeness (QED) is 0.183. The molecule has 0 N–H and O–H groups in total. The van der Waals surface area contributed by atoms with Crippen molar-refractivity contribution in [1.82, 2.24) is 0 Å². The lowest BCUT2D eigenvalue weighted by Gasteiger charge is -2.18. The van der Waals surface area contributed by atoms with Crippen LogP contribution in [0.5, 0.6) is 0 Å². The first kappa shape index (κ1) is 27.8. The Labute approximate surface area is 279 Å². The van der Waals surface area contributed by atoms with Gasteiger partial charge in [-0.15, -0.1) is 0 Å². The van der Waals surface area contributed by atoms with E-state index in [-0.39, 0.29) is 0 Å². The molecule has 0 aliphatic carbocycles. The minimum absolute atomic E-state index is 0.673. The van der Waals surface area contributed by atoms with Gasteiger partial charge in [0.05, 0.1) is 11.6 Å². The van der Waals surface area contributed by atoms with E-state index in [0.717, 1.165) is 11.1 Å². The fourth-order valence-electron chi connectivity index (χ4n) is 7.40. The van der Waals surface area contributed by atoms with Crippen LogP contribution in [0.15, 0.2) is 176 Å². The van der Waals surface area contributed by atoms with Gasteiger partial charge in [0.25, 0.3) is 0 Å². The van der Waals surface area contributed by atoms with Crippen molar-refractivity contribution in [2.24, 2.45) is 0 Å². The molecule has 0 aromatic heterocycles. The standard InChI is InChI=1S/C47H29N/c48-30-31-18-20-32(21-19-31)33-22-24-34(25-23-33)36-26-27-43-44(28-36)39-14-6-7-15-40(39)46-29-45(41-16-8-9-17-42(41)47(43)46)38-13-5-4-12-37(38)35-10-2-1-3-11-35/h1-29H. The number of rotatable bonds is 4. The summed E-state index contributed by atoms with van der Waals surface area (Å²) in [6.45, 7) is 0. The summed E-state index contributed by atoms with van der Waals surface area (Å²) in [4.78, 5) is 0. The molecule has 0 saturated heterocycles. The Kier molecular flexibility index (Phi) is 6.59. The summed E-state index contributed by atoms with van der Waals surface area (Å²) >= 11 is 0. The molecule has 0 fully saturated rings. The van der Waals surface area contributed by atoms with E-state index in [1.54, 1.807) is 0 Å². The summed E-state index contributed by atoms with van der Waals surface area (Å²) in [6, 6.07) is 65.3. The second-order valence-corrected chi connectivity index (χ2v) is 12.4. The Balaban J connectivity index is 1.26. The lowest BCUT2D eigenvalue weighted by molar-refractivity contribution is 1.48. The molecule has 48 heavy (non-hydrogen) atoms. The molecule has 0 saturated carbocycles. The van der Waals surface area contributed by atoms with Crippen LogP contribution in [0.2, 0.25) is 0 Å². The first-order valence-electron chi connectivity index (χ1n) is 16.3. The Morgan fingerprint density at radius 1 is 0.292 bits per heavy atom. The van der Waals surface area contributed by atoms with Crippen molar-refractivity contribution in [2.45, 2.75) is 0 Å². The van der Waals surface area contributed by atoms with Crippen molar-refractivity contribution in [3.63, 3.8) is 0 Å². The molecule has 1 nitrogen and oxygen atoms in total. The molecule has 9 rings (SSSR count). The van der Waals surface area contributed by atoms with Crippen LogP contribution in [0.1, 0.15) is 5.56 Å². The van der Waals surface area contributed by atoms with Crippen molar-refractivity contribution < 1.29 is 0 Å². The van der Waals surface area contributed by atoms with E-state index in [0.29, 0.717) is 5.56 Å². The second kappa shape index (κ2) is 11.4. The van der Waals surface area contributed by atoms with Crippen molar-refractivity contribution in [2.75, 3.05) is 0 Å². The maximum absolute atomic E-state index is 9.17. The van der Waals surface area contributed by atoms with Crippen molar-refractivity contribution in [3.8, 4) is 50.6 Å². The van der Waals surface area contributed by atoms with E-state index in [9.17, 15) is 5.26 Å². The van der Waals surface area contributed by atoms with E-state index in [4.69, 9.17) is 0 Å². The van der Waals surface area contributed by atoms with E-state index in [1.165, 1.54) is 76.5 Å². The number of hydrogen-bond donors (Lipinski definition) is 0. The maximum Gasteiger partial charge on any atom is 0.0991 e. The number of hydrogen-bond acceptors (Lipinski definition) is 1. The Bertz CT molecular complexity index is 2700. The van der Waals surface area contributed by atoms with Gasteiger partial charge in [0.1, 0.15) is 0 Å². The number of nitriles is 1. The normalized spacial score (nSPS) is 11.3. The second-order valence-electron chi connectivity index (χ2n) is 12.4. The van der Waals surface area contributed by atoms with Gasteiger partial charge in [-0.25, -0.2) is 0 Å². The van der Waals surface area contributed by atoms with Gasteiger partial charge in [-0.2, -0.15) is 5.26 Å². The monoisotopic (exact) mass is 607 g/mol. The van der Waals surface area contributed by atoms with Crippen LogP contribution in [-0.2, 0) is 0 Å². The van der Waals surface area contributed by atoms with E-state index < -0.39 is 0 Å². The smallest absolute Gasteiger partial charge is 0.0991 e. The zero-order valence-electron chi connectivity index (χ0n) is 26.2. The molecule has 0 bridgehead atoms. The first-order chi connectivity index (χ1) is 23.8. The van der Waals surface area contributed by atoms with Crippen LogP contribution >= 0.6 is 0 Å². The Morgan fingerprint density at radius 3 is 1.48 bits per heavy atom. The first-order valence-corrected chi connectivity index (χ1v) is 16.3. The minimum atomic E-state index is 0.673. The van der Waals surface area contributed by atoms with Crippen molar-refractivity contribution >= 4 is 43.1 Å². The highest BCUT2D eigenvalue weighted by Crippen LogP contribution is 2.45. The minimum Gasteiger partial charge on any atom is -0.192 e. The van der Waals surface area contributed by atoms with Gasteiger partial charge in [0, 0.05) is 0 Å². The molecule has 222 valence electrons. The van der Waals surface area contributed by atoms with Crippen LogP contribution in [0.3, 0.4) is 0 Å². The van der Waals surface area contributed by atoms with Gasteiger partial charge >= 0.3 is 0 Å². The molecular weight excluding hydrogens is 579 g/mol. The van der Waals surface area contributed by atoms with Gasteiger partial charge in [-0.1, -0.05) is 152 Å². The third-order valence-corrected chi connectivity index (χ3v) is 9.71. The lowest BCUT2D eigenvalue weighted by Crippen LogP contribution is -1.91. The van der Waals surface area contributed by atoms with Gasteiger partial charge in [0.15, 0.2) is 0 Å². The molecule has 0 aliphatic heterocycles. The fourth-order valence-corrected chi connectivity index (χ4v) is 7.40. The molecule has 0 radical (unpaired) electrons. The Morgan fingerprint density at radius 2 is 0.792 bits per heavy atom. The molecule has 1 heteroatoms. The van der Waals surface area contributed by atoms with Gasteiger partial charge in [-0.05, 0) is 112 Å². The number of nitrogens with zero attached hydrogens (tertiary/aromatic N) is 1. The highest BCUT2D eigenvalue weighted by Gasteiger charge is 2.17. The van der Waals surface area contributed by atoms with Crippen LogP contribution in [0.25, 0.3) is 87.6 Å². The average molecular weight is 608 g/mol. The lowest BCUT2D eigenvalue weighted by atomic mass is 9.85. The highest BCUT2D eigenvalue weighted by molar-refractivity contribution is 6.33. The highest BCUT2D eigenvalue weighted by atomic mass is 14.2. The van der Waals surface area contributed by atoms with Gasteiger partial charge in [0.2, 0.25) is 0 Å². The summed E-state index contributed by atoms with van der Waals surface area (Å²) in [5, 5.41) is 19.3. The topological polar surface area (TPSA) is 23.8 Å². The SMILES string of the molecule is N#Cc1ccc(-c2ccc(-c3ccc4c(c3)c3ccccc3c3cc(-c5ccccc5-c5ccccc5)c5ccccc5c43)cc2)cc1. The fraction of sp³-hybridized carbons (Fsp3) is 0. The predicted molar refractivity (Wildman–Crippen MR) is 203 cm³/mol. The van der Waals surface area contributed by atoms with E-state index >= 15 is 0 Å². The summed E-state index contributed by atoms with van der Waals surface area (Å²) in [5.41, 5.74) is 10.2.